The first kappa shape index (κ1) is 21.6. The van der Waals surface area contributed by atoms with Gasteiger partial charge in [0.15, 0.2) is 11.1 Å². The number of aromatic nitrogens is 1. The molecule has 2 unspecified atom stereocenters. The van der Waals surface area contributed by atoms with E-state index in [0.29, 0.717) is 12.5 Å². The van der Waals surface area contributed by atoms with Gasteiger partial charge in [0.1, 0.15) is 0 Å². The van der Waals surface area contributed by atoms with E-state index in [0.717, 1.165) is 50.6 Å². The summed E-state index contributed by atoms with van der Waals surface area (Å²) < 4.78 is 25.6. The Morgan fingerprint density at radius 1 is 1.38 bits per heavy atom. The number of nitrogens with zero attached hydrogens (tertiary/aromatic N) is 4. The van der Waals surface area contributed by atoms with Gasteiger partial charge in [-0.1, -0.05) is 6.42 Å². The molecule has 0 radical (unpaired) electrons. The lowest BCUT2D eigenvalue weighted by Gasteiger charge is -2.35. The SMILES string of the molecule is CS(=O)(=O)NC1CCCC1CN=C(N)N1CCN(c2nccs2)CC1.I. The summed E-state index contributed by atoms with van der Waals surface area (Å²) in [5, 5.41) is 3.04. The van der Waals surface area contributed by atoms with Crippen LogP contribution < -0.4 is 15.4 Å². The summed E-state index contributed by atoms with van der Waals surface area (Å²) in [6.45, 7) is 3.98. The molecular formula is C15H27IN6O2S2. The Labute approximate surface area is 176 Å². The summed E-state index contributed by atoms with van der Waals surface area (Å²) in [5.74, 6) is 0.786. The zero-order valence-corrected chi connectivity index (χ0v) is 18.8. The van der Waals surface area contributed by atoms with Crippen LogP contribution in [0.5, 0.6) is 0 Å². The van der Waals surface area contributed by atoms with Crippen molar-refractivity contribution in [1.29, 1.82) is 0 Å². The van der Waals surface area contributed by atoms with E-state index in [1.165, 1.54) is 6.26 Å². The minimum Gasteiger partial charge on any atom is -0.370 e. The standard InChI is InChI=1S/C15H26N6O2S2.HI/c1-25(22,23)19-13-4-2-3-12(13)11-18-14(16)20-6-8-21(9-7-20)15-17-5-10-24-15;/h5,10,12-13,19H,2-4,6-9,11H2,1H3,(H2,16,18);1H. The van der Waals surface area contributed by atoms with Gasteiger partial charge in [-0.2, -0.15) is 0 Å². The van der Waals surface area contributed by atoms with Gasteiger partial charge in [0.05, 0.1) is 6.26 Å². The van der Waals surface area contributed by atoms with Crippen molar-refractivity contribution in [3.05, 3.63) is 11.6 Å². The topological polar surface area (TPSA) is 104 Å². The van der Waals surface area contributed by atoms with Crippen LogP contribution in [0.4, 0.5) is 5.13 Å². The lowest BCUT2D eigenvalue weighted by atomic mass is 10.1. The van der Waals surface area contributed by atoms with Crippen molar-refractivity contribution in [2.45, 2.75) is 25.3 Å². The number of hydrogen-bond acceptors (Lipinski definition) is 6. The highest BCUT2D eigenvalue weighted by Crippen LogP contribution is 2.26. The average Bonchev–Trinajstić information content (AvgIpc) is 3.23. The van der Waals surface area contributed by atoms with E-state index < -0.39 is 10.0 Å². The highest BCUT2D eigenvalue weighted by Gasteiger charge is 2.29. The number of piperazine rings is 1. The fourth-order valence-corrected chi connectivity index (χ4v) is 5.05. The number of sulfonamides is 1. The third-order valence-electron chi connectivity index (χ3n) is 4.81. The molecule has 148 valence electrons. The maximum absolute atomic E-state index is 11.5. The van der Waals surface area contributed by atoms with Crippen LogP contribution >= 0.6 is 35.3 Å². The highest BCUT2D eigenvalue weighted by atomic mass is 127. The smallest absolute Gasteiger partial charge is 0.208 e. The number of nitrogens with two attached hydrogens (primary N) is 1. The van der Waals surface area contributed by atoms with E-state index in [9.17, 15) is 8.42 Å². The van der Waals surface area contributed by atoms with Gasteiger partial charge >= 0.3 is 0 Å². The van der Waals surface area contributed by atoms with Crippen LogP contribution in [-0.4, -0.2) is 69.3 Å². The predicted molar refractivity (Wildman–Crippen MR) is 117 cm³/mol. The van der Waals surface area contributed by atoms with Gasteiger partial charge in [0, 0.05) is 50.3 Å². The summed E-state index contributed by atoms with van der Waals surface area (Å²) in [4.78, 5) is 13.3. The first-order chi connectivity index (χ1) is 11.9. The molecule has 1 aliphatic carbocycles. The molecule has 2 fully saturated rings. The molecule has 0 aromatic carbocycles. The second kappa shape index (κ2) is 9.51. The van der Waals surface area contributed by atoms with Crippen molar-refractivity contribution in [2.75, 3.05) is 43.9 Å². The van der Waals surface area contributed by atoms with Gasteiger partial charge in [0.25, 0.3) is 0 Å². The molecule has 1 saturated carbocycles. The van der Waals surface area contributed by atoms with Gasteiger partial charge in [0.2, 0.25) is 10.0 Å². The number of rotatable bonds is 5. The largest absolute Gasteiger partial charge is 0.370 e. The monoisotopic (exact) mass is 514 g/mol. The van der Waals surface area contributed by atoms with Gasteiger partial charge in [-0.05, 0) is 18.8 Å². The maximum atomic E-state index is 11.5. The van der Waals surface area contributed by atoms with Crippen LogP contribution in [0.15, 0.2) is 16.6 Å². The second-order valence-corrected chi connectivity index (χ2v) is 9.33. The number of anilines is 1. The number of halogens is 1. The van der Waals surface area contributed by atoms with Gasteiger partial charge in [-0.15, -0.1) is 35.3 Å². The van der Waals surface area contributed by atoms with Crippen LogP contribution in [0, 0.1) is 5.92 Å². The molecule has 1 saturated heterocycles. The molecule has 1 aromatic heterocycles. The number of hydrogen-bond donors (Lipinski definition) is 2. The maximum Gasteiger partial charge on any atom is 0.208 e. The van der Waals surface area contributed by atoms with Crippen LogP contribution in [0.1, 0.15) is 19.3 Å². The molecule has 2 atom stereocenters. The third-order valence-corrected chi connectivity index (χ3v) is 6.37. The van der Waals surface area contributed by atoms with Gasteiger partial charge in [-0.25, -0.2) is 18.1 Å². The molecule has 3 N–H and O–H groups in total. The third kappa shape index (κ3) is 5.92. The van der Waals surface area contributed by atoms with E-state index in [-0.39, 0.29) is 35.9 Å². The molecule has 26 heavy (non-hydrogen) atoms. The van der Waals surface area contributed by atoms with Crippen molar-refractivity contribution in [2.24, 2.45) is 16.6 Å². The first-order valence-electron chi connectivity index (χ1n) is 8.59. The Balaban J connectivity index is 0.00000243. The van der Waals surface area contributed by atoms with Crippen LogP contribution in [-0.2, 0) is 10.0 Å². The van der Waals surface area contributed by atoms with Crippen molar-refractivity contribution in [3.8, 4) is 0 Å². The summed E-state index contributed by atoms with van der Waals surface area (Å²) in [6.07, 6.45) is 5.92. The molecular weight excluding hydrogens is 487 g/mol. The summed E-state index contributed by atoms with van der Waals surface area (Å²) in [7, 11) is -3.18. The fraction of sp³-hybridized carbons (Fsp3) is 0.733. The number of thiazole rings is 1. The number of aliphatic imine (C=N–C) groups is 1. The van der Waals surface area contributed by atoms with Gasteiger partial charge < -0.3 is 15.5 Å². The minimum atomic E-state index is -3.18. The molecule has 0 amide bonds. The van der Waals surface area contributed by atoms with E-state index in [2.05, 4.69) is 24.5 Å². The van der Waals surface area contributed by atoms with Crippen molar-refractivity contribution in [3.63, 3.8) is 0 Å². The Bertz CT molecular complexity index is 689. The molecule has 2 aliphatic rings. The number of nitrogens with one attached hydrogen (secondary N) is 1. The zero-order valence-electron chi connectivity index (χ0n) is 14.9. The van der Waals surface area contributed by atoms with E-state index in [4.69, 9.17) is 5.73 Å². The highest BCUT2D eigenvalue weighted by molar-refractivity contribution is 14.0. The Hall–Kier alpha value is -0.660. The van der Waals surface area contributed by atoms with Crippen LogP contribution in [0.3, 0.4) is 0 Å². The molecule has 1 aliphatic heterocycles. The minimum absolute atomic E-state index is 0. The van der Waals surface area contributed by atoms with Crippen LogP contribution in [0.2, 0.25) is 0 Å². The Kier molecular flexibility index (Phi) is 7.91. The second-order valence-electron chi connectivity index (χ2n) is 6.68. The Morgan fingerprint density at radius 3 is 2.73 bits per heavy atom. The molecule has 11 heteroatoms. The molecule has 0 bridgehead atoms. The lowest BCUT2D eigenvalue weighted by molar-refractivity contribution is 0.377. The lowest BCUT2D eigenvalue weighted by Crippen LogP contribution is -2.51. The average molecular weight is 514 g/mol. The fourth-order valence-electron chi connectivity index (χ4n) is 3.50. The quantitative estimate of drug-likeness (QED) is 0.344. The molecule has 1 aromatic rings. The molecule has 8 nitrogen and oxygen atoms in total. The Morgan fingerprint density at radius 2 is 2.12 bits per heavy atom. The van der Waals surface area contributed by atoms with E-state index >= 15 is 0 Å². The van der Waals surface area contributed by atoms with Crippen molar-refractivity contribution >= 4 is 56.4 Å². The van der Waals surface area contributed by atoms with Crippen molar-refractivity contribution in [1.82, 2.24) is 14.6 Å². The van der Waals surface area contributed by atoms with Crippen LogP contribution in [0.25, 0.3) is 0 Å². The normalized spacial score (nSPS) is 24.6. The molecule has 0 spiro atoms. The van der Waals surface area contributed by atoms with Gasteiger partial charge in [-0.3, -0.25) is 4.99 Å². The first-order valence-corrected chi connectivity index (χ1v) is 11.4. The predicted octanol–water partition coefficient (Wildman–Crippen LogP) is 0.916. The molecule has 2 heterocycles. The summed E-state index contributed by atoms with van der Waals surface area (Å²) in [6, 6.07) is -0.0201. The summed E-state index contributed by atoms with van der Waals surface area (Å²) in [5.41, 5.74) is 6.17. The zero-order chi connectivity index (χ0) is 17.9. The van der Waals surface area contributed by atoms with E-state index in [1.807, 2.05) is 11.6 Å². The summed E-state index contributed by atoms with van der Waals surface area (Å²) >= 11 is 1.65. The number of guanidine groups is 1. The molecule has 3 rings (SSSR count). The van der Waals surface area contributed by atoms with E-state index in [1.54, 1.807) is 11.3 Å². The van der Waals surface area contributed by atoms with Crippen molar-refractivity contribution < 1.29 is 8.42 Å².